The van der Waals surface area contributed by atoms with Gasteiger partial charge in [-0.3, -0.25) is 4.79 Å². The topological polar surface area (TPSA) is 51.5 Å². The minimum Gasteiger partial charge on any atom is -0.497 e. The molecule has 142 valence electrons. The number of methoxy groups -OCH3 is 1. The summed E-state index contributed by atoms with van der Waals surface area (Å²) < 4.78 is 11.1. The molecule has 0 radical (unpaired) electrons. The molecule has 4 nitrogen and oxygen atoms in total. The molecule has 0 spiro atoms. The molecule has 1 heterocycles. The van der Waals surface area contributed by atoms with Crippen molar-refractivity contribution in [2.45, 2.75) is 25.8 Å². The Hall–Kier alpha value is -3.27. The van der Waals surface area contributed by atoms with Crippen LogP contribution in [-0.4, -0.2) is 13.0 Å². The number of carbonyl (C=O) groups excluding carboxylic acids is 1. The van der Waals surface area contributed by atoms with E-state index in [4.69, 9.17) is 9.15 Å². The minimum atomic E-state index is -0.265. The second kappa shape index (κ2) is 7.39. The van der Waals surface area contributed by atoms with Crippen molar-refractivity contribution < 1.29 is 13.9 Å². The van der Waals surface area contributed by atoms with Crippen LogP contribution in [0.3, 0.4) is 0 Å². The number of nitrogens with one attached hydrogen (secondary N) is 1. The Kier molecular flexibility index (Phi) is 4.78. The lowest BCUT2D eigenvalue weighted by atomic mass is 9.96. The zero-order valence-electron chi connectivity index (χ0n) is 16.2. The Balaban J connectivity index is 1.51. The third-order valence-corrected chi connectivity index (χ3v) is 5.19. The number of rotatable bonds is 5. The van der Waals surface area contributed by atoms with Crippen LogP contribution in [0.15, 0.2) is 71.1 Å². The van der Waals surface area contributed by atoms with Gasteiger partial charge in [0.15, 0.2) is 0 Å². The van der Waals surface area contributed by atoms with Gasteiger partial charge in [-0.25, -0.2) is 0 Å². The number of hydrogen-bond donors (Lipinski definition) is 1. The molecule has 3 aromatic carbocycles. The van der Waals surface area contributed by atoms with E-state index in [1.807, 2.05) is 74.5 Å². The number of carbonyl (C=O) groups is 1. The quantitative estimate of drug-likeness (QED) is 0.497. The number of amides is 1. The predicted molar refractivity (Wildman–Crippen MR) is 112 cm³/mol. The molecule has 4 heteroatoms. The van der Waals surface area contributed by atoms with Gasteiger partial charge in [0.05, 0.1) is 19.1 Å². The van der Waals surface area contributed by atoms with Crippen molar-refractivity contribution in [3.63, 3.8) is 0 Å². The Morgan fingerprint density at radius 2 is 1.68 bits per heavy atom. The average molecular weight is 373 g/mol. The SMILES string of the molecule is COc1ccc2cc([C@@H](C)C(=O)N[C@@H](C)c3cc4ccccc4o3)ccc2c1. The normalized spacial score (nSPS) is 13.4. The highest BCUT2D eigenvalue weighted by Gasteiger charge is 2.20. The number of furan rings is 1. The Morgan fingerprint density at radius 3 is 2.46 bits per heavy atom. The monoisotopic (exact) mass is 373 g/mol. The van der Waals surface area contributed by atoms with Crippen molar-refractivity contribution in [3.8, 4) is 5.75 Å². The van der Waals surface area contributed by atoms with Crippen LogP contribution >= 0.6 is 0 Å². The molecule has 2 atom stereocenters. The lowest BCUT2D eigenvalue weighted by Gasteiger charge is -2.17. The summed E-state index contributed by atoms with van der Waals surface area (Å²) in [6.07, 6.45) is 0. The van der Waals surface area contributed by atoms with Crippen molar-refractivity contribution in [2.24, 2.45) is 0 Å². The first kappa shape index (κ1) is 18.1. The van der Waals surface area contributed by atoms with Crippen LogP contribution in [0.5, 0.6) is 5.75 Å². The minimum absolute atomic E-state index is 0.0270. The number of ether oxygens (including phenoxy) is 1. The van der Waals surface area contributed by atoms with Crippen LogP contribution in [0.25, 0.3) is 21.7 Å². The zero-order chi connectivity index (χ0) is 19.7. The number of benzene rings is 3. The summed E-state index contributed by atoms with van der Waals surface area (Å²) in [5.74, 6) is 1.29. The van der Waals surface area contributed by atoms with Crippen molar-refractivity contribution in [2.75, 3.05) is 7.11 Å². The van der Waals surface area contributed by atoms with E-state index in [2.05, 4.69) is 11.4 Å². The van der Waals surface area contributed by atoms with Crippen LogP contribution in [0, 0.1) is 0 Å². The second-order valence-electron chi connectivity index (χ2n) is 7.11. The van der Waals surface area contributed by atoms with Crippen LogP contribution in [0.4, 0.5) is 0 Å². The third-order valence-electron chi connectivity index (χ3n) is 5.19. The zero-order valence-corrected chi connectivity index (χ0v) is 16.2. The van der Waals surface area contributed by atoms with Crippen LogP contribution in [-0.2, 0) is 4.79 Å². The molecule has 0 aliphatic heterocycles. The Morgan fingerprint density at radius 1 is 0.929 bits per heavy atom. The van der Waals surface area contributed by atoms with Crippen LogP contribution < -0.4 is 10.1 Å². The van der Waals surface area contributed by atoms with Gasteiger partial charge in [0.2, 0.25) is 5.91 Å². The molecule has 0 aliphatic carbocycles. The maximum Gasteiger partial charge on any atom is 0.227 e. The highest BCUT2D eigenvalue weighted by atomic mass is 16.5. The highest BCUT2D eigenvalue weighted by molar-refractivity contribution is 5.88. The van der Waals surface area contributed by atoms with Gasteiger partial charge < -0.3 is 14.5 Å². The van der Waals surface area contributed by atoms with E-state index >= 15 is 0 Å². The largest absolute Gasteiger partial charge is 0.497 e. The van der Waals surface area contributed by atoms with Crippen molar-refractivity contribution >= 4 is 27.6 Å². The lowest BCUT2D eigenvalue weighted by molar-refractivity contribution is -0.123. The molecule has 0 fully saturated rings. The Bertz CT molecular complexity index is 1110. The first-order chi connectivity index (χ1) is 13.5. The average Bonchev–Trinajstić information content (AvgIpc) is 3.16. The van der Waals surface area contributed by atoms with Gasteiger partial charge in [0, 0.05) is 5.39 Å². The van der Waals surface area contributed by atoms with E-state index < -0.39 is 0 Å². The van der Waals surface area contributed by atoms with Crippen LogP contribution in [0.1, 0.15) is 37.1 Å². The molecular formula is C24H23NO3. The number of para-hydroxylation sites is 1. The van der Waals surface area contributed by atoms with Crippen molar-refractivity contribution in [1.82, 2.24) is 5.32 Å². The van der Waals surface area contributed by atoms with Gasteiger partial charge in [-0.05, 0) is 54.4 Å². The molecule has 4 aromatic rings. The van der Waals surface area contributed by atoms with Gasteiger partial charge in [0.1, 0.15) is 17.1 Å². The van der Waals surface area contributed by atoms with Crippen molar-refractivity contribution in [1.29, 1.82) is 0 Å². The summed E-state index contributed by atoms with van der Waals surface area (Å²) in [6.45, 7) is 3.86. The summed E-state index contributed by atoms with van der Waals surface area (Å²) in [7, 11) is 1.66. The van der Waals surface area contributed by atoms with E-state index in [-0.39, 0.29) is 17.9 Å². The fraction of sp³-hybridized carbons (Fsp3) is 0.208. The second-order valence-corrected chi connectivity index (χ2v) is 7.11. The number of fused-ring (bicyclic) bond motifs is 2. The summed E-state index contributed by atoms with van der Waals surface area (Å²) >= 11 is 0. The third kappa shape index (κ3) is 3.46. The molecule has 0 saturated heterocycles. The molecule has 0 bridgehead atoms. The standard InChI is InChI=1S/C24H23NO3/c1-15(17-8-9-19-13-21(27-3)11-10-18(19)12-17)24(26)25-16(2)23-14-20-6-4-5-7-22(20)28-23/h4-16H,1-3H3,(H,25,26)/t15-,16+/m1/s1. The van der Waals surface area contributed by atoms with E-state index in [1.54, 1.807) is 7.11 Å². The van der Waals surface area contributed by atoms with E-state index in [0.29, 0.717) is 0 Å². The maximum atomic E-state index is 12.8. The lowest BCUT2D eigenvalue weighted by Crippen LogP contribution is -2.30. The smallest absolute Gasteiger partial charge is 0.227 e. The fourth-order valence-electron chi connectivity index (χ4n) is 3.42. The highest BCUT2D eigenvalue weighted by Crippen LogP contribution is 2.27. The summed E-state index contributed by atoms with van der Waals surface area (Å²) in [5, 5.41) is 6.28. The maximum absolute atomic E-state index is 12.8. The molecule has 0 aliphatic rings. The molecule has 28 heavy (non-hydrogen) atoms. The van der Waals surface area contributed by atoms with E-state index in [0.717, 1.165) is 38.8 Å². The summed E-state index contributed by atoms with van der Waals surface area (Å²) in [4.78, 5) is 12.8. The predicted octanol–water partition coefficient (Wildman–Crippen LogP) is 5.58. The molecule has 1 N–H and O–H groups in total. The first-order valence-electron chi connectivity index (χ1n) is 9.41. The first-order valence-corrected chi connectivity index (χ1v) is 9.41. The summed E-state index contributed by atoms with van der Waals surface area (Å²) in [5.41, 5.74) is 1.81. The van der Waals surface area contributed by atoms with Gasteiger partial charge >= 0.3 is 0 Å². The van der Waals surface area contributed by atoms with Gasteiger partial charge in [-0.2, -0.15) is 0 Å². The Labute approximate surface area is 164 Å². The molecular weight excluding hydrogens is 350 g/mol. The van der Waals surface area contributed by atoms with Gasteiger partial charge in [-0.15, -0.1) is 0 Å². The fourth-order valence-corrected chi connectivity index (χ4v) is 3.42. The summed E-state index contributed by atoms with van der Waals surface area (Å²) in [6, 6.07) is 21.7. The molecule has 0 unspecified atom stereocenters. The molecule has 1 aromatic heterocycles. The molecule has 0 saturated carbocycles. The van der Waals surface area contributed by atoms with Crippen molar-refractivity contribution in [3.05, 3.63) is 78.1 Å². The van der Waals surface area contributed by atoms with Gasteiger partial charge in [-0.1, -0.05) is 42.5 Å². The van der Waals surface area contributed by atoms with Crippen LogP contribution in [0.2, 0.25) is 0 Å². The molecule has 1 amide bonds. The van der Waals surface area contributed by atoms with Gasteiger partial charge in [0.25, 0.3) is 0 Å². The number of hydrogen-bond acceptors (Lipinski definition) is 3. The van der Waals surface area contributed by atoms with E-state index in [1.165, 1.54) is 0 Å². The van der Waals surface area contributed by atoms with E-state index in [9.17, 15) is 4.79 Å². The molecule has 4 rings (SSSR count).